The fourth-order valence-electron chi connectivity index (χ4n) is 3.56. The lowest BCUT2D eigenvalue weighted by molar-refractivity contribution is -0.0863. The Balaban J connectivity index is 1.65. The van der Waals surface area contributed by atoms with Crippen molar-refractivity contribution in [1.82, 2.24) is 9.88 Å². The molecule has 3 rings (SSSR count). The predicted molar refractivity (Wildman–Crippen MR) is 81.1 cm³/mol. The molecule has 2 heterocycles. The second-order valence-electron chi connectivity index (χ2n) is 6.36. The number of aromatic nitrogens is 1. The van der Waals surface area contributed by atoms with Crippen molar-refractivity contribution in [1.29, 1.82) is 0 Å². The van der Waals surface area contributed by atoms with Gasteiger partial charge in [-0.05, 0) is 37.8 Å². The SMILES string of the molecule is Cc1cnccc1NC(=O)N1CCC2(O)CCCCC2C1. The number of carbonyl (C=O) groups is 1. The molecule has 2 atom stereocenters. The van der Waals surface area contributed by atoms with E-state index in [0.717, 1.165) is 36.9 Å². The first-order chi connectivity index (χ1) is 10.1. The number of fused-ring (bicyclic) bond motifs is 1. The van der Waals surface area contributed by atoms with Gasteiger partial charge in [-0.1, -0.05) is 12.8 Å². The van der Waals surface area contributed by atoms with E-state index in [1.54, 1.807) is 12.4 Å². The monoisotopic (exact) mass is 289 g/mol. The molecule has 0 aromatic carbocycles. The van der Waals surface area contributed by atoms with Crippen molar-refractivity contribution in [2.45, 2.75) is 44.6 Å². The van der Waals surface area contributed by atoms with E-state index < -0.39 is 5.60 Å². The standard InChI is InChI=1S/C16H23N3O2/c1-12-10-17-8-5-14(12)18-15(20)19-9-7-16(21)6-3-2-4-13(16)11-19/h5,8,10,13,21H,2-4,6-7,9,11H2,1H3,(H,17,18,20). The molecule has 21 heavy (non-hydrogen) atoms. The van der Waals surface area contributed by atoms with E-state index >= 15 is 0 Å². The maximum Gasteiger partial charge on any atom is 0.321 e. The van der Waals surface area contributed by atoms with Crippen LogP contribution in [0, 0.1) is 12.8 Å². The van der Waals surface area contributed by atoms with Gasteiger partial charge in [0.1, 0.15) is 0 Å². The van der Waals surface area contributed by atoms with E-state index in [-0.39, 0.29) is 11.9 Å². The Bertz CT molecular complexity index is 534. The summed E-state index contributed by atoms with van der Waals surface area (Å²) < 4.78 is 0. The van der Waals surface area contributed by atoms with Crippen LogP contribution in [0.5, 0.6) is 0 Å². The van der Waals surface area contributed by atoms with Gasteiger partial charge in [-0.25, -0.2) is 4.79 Å². The molecular formula is C16H23N3O2. The van der Waals surface area contributed by atoms with Gasteiger partial charge in [-0.15, -0.1) is 0 Å². The molecular weight excluding hydrogens is 266 g/mol. The quantitative estimate of drug-likeness (QED) is 0.835. The van der Waals surface area contributed by atoms with Crippen molar-refractivity contribution in [3.63, 3.8) is 0 Å². The molecule has 2 aliphatic rings. The molecule has 1 aromatic heterocycles. The maximum atomic E-state index is 12.4. The smallest absolute Gasteiger partial charge is 0.321 e. The number of urea groups is 1. The molecule has 5 nitrogen and oxygen atoms in total. The minimum Gasteiger partial charge on any atom is -0.389 e. The Morgan fingerprint density at radius 3 is 3.14 bits per heavy atom. The summed E-state index contributed by atoms with van der Waals surface area (Å²) in [6.45, 7) is 3.22. The number of aliphatic hydroxyl groups is 1. The second kappa shape index (κ2) is 5.64. The van der Waals surface area contributed by atoms with Gasteiger partial charge in [0.15, 0.2) is 0 Å². The number of rotatable bonds is 1. The fourth-order valence-corrected chi connectivity index (χ4v) is 3.56. The zero-order chi connectivity index (χ0) is 14.9. The number of hydrogen-bond acceptors (Lipinski definition) is 3. The zero-order valence-corrected chi connectivity index (χ0v) is 12.5. The summed E-state index contributed by atoms with van der Waals surface area (Å²) in [6.07, 6.45) is 8.29. The first-order valence-electron chi connectivity index (χ1n) is 7.77. The van der Waals surface area contributed by atoms with E-state index in [2.05, 4.69) is 10.3 Å². The number of nitrogens with zero attached hydrogens (tertiary/aromatic N) is 2. The van der Waals surface area contributed by atoms with Gasteiger partial charge in [0.2, 0.25) is 0 Å². The lowest BCUT2D eigenvalue weighted by atomic mass is 9.71. The van der Waals surface area contributed by atoms with Crippen LogP contribution >= 0.6 is 0 Å². The molecule has 2 N–H and O–H groups in total. The molecule has 1 aliphatic carbocycles. The number of hydrogen-bond donors (Lipinski definition) is 2. The van der Waals surface area contributed by atoms with Gasteiger partial charge >= 0.3 is 6.03 Å². The highest BCUT2D eigenvalue weighted by molar-refractivity contribution is 5.90. The maximum absolute atomic E-state index is 12.4. The Morgan fingerprint density at radius 1 is 1.48 bits per heavy atom. The molecule has 114 valence electrons. The highest BCUT2D eigenvalue weighted by Gasteiger charge is 2.43. The van der Waals surface area contributed by atoms with Crippen LogP contribution in [0.4, 0.5) is 10.5 Å². The lowest BCUT2D eigenvalue weighted by Crippen LogP contribution is -2.55. The number of nitrogens with one attached hydrogen (secondary N) is 1. The van der Waals surface area contributed by atoms with Crippen LogP contribution in [0.25, 0.3) is 0 Å². The van der Waals surface area contributed by atoms with Crippen LogP contribution in [-0.4, -0.2) is 39.7 Å². The van der Waals surface area contributed by atoms with Crippen molar-refractivity contribution in [3.05, 3.63) is 24.0 Å². The van der Waals surface area contributed by atoms with Crippen molar-refractivity contribution in [2.24, 2.45) is 5.92 Å². The highest BCUT2D eigenvalue weighted by Crippen LogP contribution is 2.39. The summed E-state index contributed by atoms with van der Waals surface area (Å²) in [6, 6.07) is 1.74. The van der Waals surface area contributed by atoms with E-state index in [0.29, 0.717) is 19.5 Å². The second-order valence-corrected chi connectivity index (χ2v) is 6.36. The van der Waals surface area contributed by atoms with Crippen molar-refractivity contribution in [3.8, 4) is 0 Å². The van der Waals surface area contributed by atoms with E-state index in [4.69, 9.17) is 0 Å². The van der Waals surface area contributed by atoms with Gasteiger partial charge in [0.25, 0.3) is 0 Å². The third kappa shape index (κ3) is 2.88. The summed E-state index contributed by atoms with van der Waals surface area (Å²) in [7, 11) is 0. The minimum absolute atomic E-state index is 0.0723. The highest BCUT2D eigenvalue weighted by atomic mass is 16.3. The number of amides is 2. The van der Waals surface area contributed by atoms with Crippen LogP contribution in [0.1, 0.15) is 37.7 Å². The number of likely N-dealkylation sites (tertiary alicyclic amines) is 1. The number of anilines is 1. The lowest BCUT2D eigenvalue weighted by Gasteiger charge is -2.47. The van der Waals surface area contributed by atoms with Gasteiger partial charge < -0.3 is 15.3 Å². The molecule has 2 unspecified atom stereocenters. The molecule has 1 aromatic rings. The predicted octanol–water partition coefficient (Wildman–Crippen LogP) is 2.55. The average molecular weight is 289 g/mol. The number of pyridine rings is 1. The molecule has 0 bridgehead atoms. The van der Waals surface area contributed by atoms with Crippen LogP contribution < -0.4 is 5.32 Å². The minimum atomic E-state index is -0.540. The van der Waals surface area contributed by atoms with E-state index in [1.165, 1.54) is 0 Å². The van der Waals surface area contributed by atoms with Crippen LogP contribution in [0.15, 0.2) is 18.5 Å². The van der Waals surface area contributed by atoms with Gasteiger partial charge in [-0.3, -0.25) is 4.98 Å². The largest absolute Gasteiger partial charge is 0.389 e. The Morgan fingerprint density at radius 2 is 2.33 bits per heavy atom. The average Bonchev–Trinajstić information content (AvgIpc) is 2.48. The third-order valence-corrected chi connectivity index (χ3v) is 4.98. The Labute approximate surface area is 125 Å². The van der Waals surface area contributed by atoms with Gasteiger partial charge in [-0.2, -0.15) is 0 Å². The summed E-state index contributed by atoms with van der Waals surface area (Å²) >= 11 is 0. The number of piperidine rings is 1. The first kappa shape index (κ1) is 14.3. The summed E-state index contributed by atoms with van der Waals surface area (Å²) in [5.74, 6) is 0.226. The van der Waals surface area contributed by atoms with E-state index in [1.807, 2.05) is 17.9 Å². The van der Waals surface area contributed by atoms with Crippen molar-refractivity contribution >= 4 is 11.7 Å². The molecule has 0 spiro atoms. The Hall–Kier alpha value is -1.62. The molecule has 1 saturated heterocycles. The van der Waals surface area contributed by atoms with Crippen LogP contribution in [0.3, 0.4) is 0 Å². The summed E-state index contributed by atoms with van der Waals surface area (Å²) in [5.41, 5.74) is 1.22. The summed E-state index contributed by atoms with van der Waals surface area (Å²) in [5, 5.41) is 13.6. The number of carbonyl (C=O) groups excluding carboxylic acids is 1. The fraction of sp³-hybridized carbons (Fsp3) is 0.625. The summed E-state index contributed by atoms with van der Waals surface area (Å²) in [4.78, 5) is 18.3. The third-order valence-electron chi connectivity index (χ3n) is 4.98. The number of aryl methyl sites for hydroxylation is 1. The van der Waals surface area contributed by atoms with E-state index in [9.17, 15) is 9.90 Å². The van der Waals surface area contributed by atoms with Gasteiger partial charge in [0, 0.05) is 37.1 Å². The molecule has 2 amide bonds. The molecule has 1 saturated carbocycles. The van der Waals surface area contributed by atoms with Gasteiger partial charge in [0.05, 0.1) is 5.60 Å². The molecule has 0 radical (unpaired) electrons. The van der Waals surface area contributed by atoms with Crippen LogP contribution in [-0.2, 0) is 0 Å². The normalized spacial score (nSPS) is 28.9. The molecule has 2 fully saturated rings. The van der Waals surface area contributed by atoms with Crippen molar-refractivity contribution in [2.75, 3.05) is 18.4 Å². The van der Waals surface area contributed by atoms with Crippen molar-refractivity contribution < 1.29 is 9.90 Å². The topological polar surface area (TPSA) is 65.5 Å². The zero-order valence-electron chi connectivity index (χ0n) is 12.5. The molecule has 5 heteroatoms. The Kier molecular flexibility index (Phi) is 3.85. The first-order valence-corrected chi connectivity index (χ1v) is 7.77. The molecule has 1 aliphatic heterocycles. The van der Waals surface area contributed by atoms with Crippen LogP contribution in [0.2, 0.25) is 0 Å².